The Morgan fingerprint density at radius 1 is 2.00 bits per heavy atom. The summed E-state index contributed by atoms with van der Waals surface area (Å²) in [5.41, 5.74) is 0. The third kappa shape index (κ3) is 4.34. The Balaban J connectivity index is 2.40. The van der Waals surface area contributed by atoms with Crippen LogP contribution in [0.25, 0.3) is 0 Å². The Morgan fingerprint density at radius 2 is 2.60 bits per heavy atom. The van der Waals surface area contributed by atoms with Crippen molar-refractivity contribution in [1.82, 2.24) is 0 Å². The predicted molar refractivity (Wildman–Crippen MR) is 12.3 cm³/mol. The van der Waals surface area contributed by atoms with Gasteiger partial charge in [0.15, 0.2) is 0 Å². The molecule has 0 amide bonds. The van der Waals surface area contributed by atoms with Crippen molar-refractivity contribution in [2.75, 3.05) is 6.61 Å². The fraction of sp³-hybridized carbons (Fsp3) is 1.00. The Kier molecular flexibility index (Phi) is 4.64. The van der Waals surface area contributed by atoms with Crippen LogP contribution in [0.15, 0.2) is 0 Å². The molecule has 0 atom stereocenters. The van der Waals surface area contributed by atoms with Crippen LogP contribution in [-0.4, -0.2) is 6.61 Å². The summed E-state index contributed by atoms with van der Waals surface area (Å²) in [6, 6.07) is 0. The molecular weight excluding hydrogens is 107 g/mol. The molecule has 0 aromatic heterocycles. The predicted octanol–water partition coefficient (Wildman–Crippen LogP) is 0.366. The second-order valence-electron chi connectivity index (χ2n) is 0.492. The Morgan fingerprint density at radius 3 is 2.60 bits per heavy atom. The molecule has 2 nitrogen and oxygen atoms in total. The molecule has 0 aliphatic carbocycles. The van der Waals surface area contributed by atoms with Gasteiger partial charge in [-0.05, 0) is 0 Å². The molecule has 0 aliphatic rings. The van der Waals surface area contributed by atoms with E-state index in [2.05, 4.69) is 3.66 Å². The van der Waals surface area contributed by atoms with Gasteiger partial charge < -0.3 is 0 Å². The van der Waals surface area contributed by atoms with Crippen LogP contribution in [-0.2, 0) is 23.9 Å². The van der Waals surface area contributed by atoms with Crippen LogP contribution < -0.4 is 0 Å². The zero-order chi connectivity index (χ0) is 4.12. The van der Waals surface area contributed by atoms with Crippen molar-refractivity contribution in [2.24, 2.45) is 0 Å². The quantitative estimate of drug-likeness (QED) is 0.515. The summed E-state index contributed by atoms with van der Waals surface area (Å²) in [6.45, 7) is 2.39. The Bertz CT molecular complexity index is 28.8. The van der Waals surface area contributed by atoms with E-state index in [1.165, 1.54) is 0 Å². The molecule has 0 unspecified atom stereocenters. The van der Waals surface area contributed by atoms with Gasteiger partial charge in [-0.25, -0.2) is 0 Å². The van der Waals surface area contributed by atoms with Crippen molar-refractivity contribution in [2.45, 2.75) is 6.92 Å². The first-order valence-electron chi connectivity index (χ1n) is 1.36. The van der Waals surface area contributed by atoms with Crippen LogP contribution in [0, 0.1) is 0 Å². The van der Waals surface area contributed by atoms with Gasteiger partial charge in [-0.2, -0.15) is 0 Å². The normalized spacial score (nSPS) is 7.40. The summed E-state index contributed by atoms with van der Waals surface area (Å²) in [4.78, 5) is 0. The molecule has 0 aromatic carbocycles. The van der Waals surface area contributed by atoms with E-state index < -0.39 is 16.6 Å². The van der Waals surface area contributed by atoms with Gasteiger partial charge in [0.2, 0.25) is 0 Å². The van der Waals surface area contributed by atoms with Crippen molar-refractivity contribution in [3.8, 4) is 0 Å². The molecule has 0 rings (SSSR count). The number of hydrogen-bond donors (Lipinski definition) is 0. The maximum atomic E-state index is 9.40. The fourth-order valence-electron chi connectivity index (χ4n) is 0.0527. The molecule has 0 aromatic rings. The molecular formula is C2H5O2V. The van der Waals surface area contributed by atoms with Gasteiger partial charge >= 0.3 is 37.5 Å². The summed E-state index contributed by atoms with van der Waals surface area (Å²) in [5, 5.41) is 0. The third-order valence-corrected chi connectivity index (χ3v) is 0.750. The van der Waals surface area contributed by atoms with Crippen molar-refractivity contribution >= 4 is 0 Å². The summed E-state index contributed by atoms with van der Waals surface area (Å²) in [6.07, 6.45) is 0. The van der Waals surface area contributed by atoms with Crippen LogP contribution in [0.1, 0.15) is 6.92 Å². The zero-order valence-electron chi connectivity index (χ0n) is 2.97. The first-order valence-corrected chi connectivity index (χ1v) is 2.50. The zero-order valence-corrected chi connectivity index (χ0v) is 4.37. The first kappa shape index (κ1) is 5.34. The SMILES string of the molecule is CC[O][V]=[O]. The van der Waals surface area contributed by atoms with E-state index in [-0.39, 0.29) is 0 Å². The summed E-state index contributed by atoms with van der Waals surface area (Å²) in [5.74, 6) is 0. The molecule has 30 valence electrons. The van der Waals surface area contributed by atoms with E-state index in [0.717, 1.165) is 0 Å². The van der Waals surface area contributed by atoms with E-state index in [4.69, 9.17) is 0 Å². The minimum atomic E-state index is -1.03. The molecule has 0 radical (unpaired) electrons. The van der Waals surface area contributed by atoms with Crippen LogP contribution in [0.3, 0.4) is 0 Å². The molecule has 0 saturated heterocycles. The van der Waals surface area contributed by atoms with E-state index in [1.54, 1.807) is 0 Å². The van der Waals surface area contributed by atoms with Crippen molar-refractivity contribution in [1.29, 1.82) is 0 Å². The molecule has 3 heteroatoms. The van der Waals surface area contributed by atoms with Crippen LogP contribution in [0.5, 0.6) is 0 Å². The second-order valence-corrected chi connectivity index (χ2v) is 1.13. The standard InChI is InChI=1S/C2H5O.O.V/c1-2-3;;/h2H2,1H3;;/q-1;;+1. The van der Waals surface area contributed by atoms with Crippen molar-refractivity contribution < 1.29 is 23.9 Å². The van der Waals surface area contributed by atoms with Gasteiger partial charge in [0.05, 0.1) is 0 Å². The summed E-state index contributed by atoms with van der Waals surface area (Å²) < 4.78 is 13.8. The molecule has 0 saturated carbocycles. The van der Waals surface area contributed by atoms with E-state index in [9.17, 15) is 3.67 Å². The summed E-state index contributed by atoms with van der Waals surface area (Å²) >= 11 is -1.03. The molecule has 0 N–H and O–H groups in total. The molecule has 0 spiro atoms. The fourth-order valence-corrected chi connectivity index (χ4v) is 0.217. The average Bonchev–Trinajstić information content (AvgIpc) is 1.41. The van der Waals surface area contributed by atoms with Crippen LogP contribution in [0.2, 0.25) is 0 Å². The first-order chi connectivity index (χ1) is 2.41. The monoisotopic (exact) mass is 112 g/mol. The van der Waals surface area contributed by atoms with Gasteiger partial charge in [0, 0.05) is 0 Å². The van der Waals surface area contributed by atoms with Crippen LogP contribution >= 0.6 is 0 Å². The van der Waals surface area contributed by atoms with Crippen molar-refractivity contribution in [3.05, 3.63) is 0 Å². The minimum absolute atomic E-state index is 0.573. The molecule has 0 fully saturated rings. The van der Waals surface area contributed by atoms with E-state index in [0.29, 0.717) is 6.61 Å². The third-order valence-electron chi connectivity index (χ3n) is 0.182. The van der Waals surface area contributed by atoms with Gasteiger partial charge in [-0.15, -0.1) is 0 Å². The maximum absolute atomic E-state index is 9.40. The van der Waals surface area contributed by atoms with Crippen molar-refractivity contribution in [3.63, 3.8) is 0 Å². The Labute approximate surface area is 38.2 Å². The number of rotatable bonds is 2. The topological polar surface area (TPSA) is 26.3 Å². The van der Waals surface area contributed by atoms with Gasteiger partial charge in [-0.3, -0.25) is 0 Å². The van der Waals surface area contributed by atoms with Gasteiger partial charge in [-0.1, -0.05) is 0 Å². The summed E-state index contributed by atoms with van der Waals surface area (Å²) in [7, 11) is 0. The molecule has 0 heterocycles. The number of hydrogen-bond acceptors (Lipinski definition) is 2. The second kappa shape index (κ2) is 4.34. The molecule has 0 bridgehead atoms. The van der Waals surface area contributed by atoms with E-state index in [1.807, 2.05) is 6.92 Å². The molecule has 0 aliphatic heterocycles. The molecule has 5 heavy (non-hydrogen) atoms. The Hall–Kier alpha value is 0.344. The van der Waals surface area contributed by atoms with E-state index >= 15 is 0 Å². The van der Waals surface area contributed by atoms with Gasteiger partial charge in [0.25, 0.3) is 0 Å². The van der Waals surface area contributed by atoms with Crippen LogP contribution in [0.4, 0.5) is 0 Å². The van der Waals surface area contributed by atoms with Gasteiger partial charge in [0.1, 0.15) is 0 Å². The average molecular weight is 112 g/mol.